The molecular formula is C12H13N3OS. The maximum atomic E-state index is 5.32. The lowest BCUT2D eigenvalue weighted by Gasteiger charge is -2.08. The van der Waals surface area contributed by atoms with Gasteiger partial charge in [-0.1, -0.05) is 23.9 Å². The van der Waals surface area contributed by atoms with Crippen LogP contribution in [0.25, 0.3) is 0 Å². The lowest BCUT2D eigenvalue weighted by atomic mass is 10.3. The number of hydrogen-bond donors (Lipinski definition) is 2. The molecule has 2 aromatic rings. The third-order valence-electron chi connectivity index (χ3n) is 2.18. The van der Waals surface area contributed by atoms with Gasteiger partial charge in [0.05, 0.1) is 12.0 Å². The van der Waals surface area contributed by atoms with Crippen molar-refractivity contribution in [3.8, 4) is 5.75 Å². The van der Waals surface area contributed by atoms with E-state index in [0.717, 1.165) is 15.5 Å². The summed E-state index contributed by atoms with van der Waals surface area (Å²) in [4.78, 5) is 6.17. The molecule has 0 spiro atoms. The third kappa shape index (κ3) is 2.89. The minimum Gasteiger partial charge on any atom is -0.496 e. The molecule has 88 valence electrons. The lowest BCUT2D eigenvalue weighted by molar-refractivity contribution is 0.405. The monoisotopic (exact) mass is 247 g/mol. The number of nitrogens with one attached hydrogen (secondary N) is 1. The Kier molecular flexibility index (Phi) is 3.85. The van der Waals surface area contributed by atoms with Crippen LogP contribution in [0, 0.1) is 0 Å². The predicted molar refractivity (Wildman–Crippen MR) is 69.2 cm³/mol. The standard InChI is InChI=1S/C12H13N3OS/c1-16-10-4-2-3-5-11(10)17-9-6-7-14-12(8-9)15-13/h2-8H,13H2,1H3,(H,14,15). The van der Waals surface area contributed by atoms with Gasteiger partial charge < -0.3 is 10.2 Å². The van der Waals surface area contributed by atoms with Crippen molar-refractivity contribution >= 4 is 17.6 Å². The highest BCUT2D eigenvalue weighted by molar-refractivity contribution is 7.99. The van der Waals surface area contributed by atoms with E-state index in [9.17, 15) is 0 Å². The zero-order chi connectivity index (χ0) is 12.1. The number of hydrogen-bond acceptors (Lipinski definition) is 5. The van der Waals surface area contributed by atoms with Crippen LogP contribution in [0.4, 0.5) is 5.82 Å². The summed E-state index contributed by atoms with van der Waals surface area (Å²) in [5.74, 6) is 6.82. The molecule has 0 bridgehead atoms. The van der Waals surface area contributed by atoms with Crippen molar-refractivity contribution in [3.63, 3.8) is 0 Å². The Morgan fingerprint density at radius 1 is 1.29 bits per heavy atom. The van der Waals surface area contributed by atoms with E-state index in [0.29, 0.717) is 5.82 Å². The molecule has 1 heterocycles. The lowest BCUT2D eigenvalue weighted by Crippen LogP contribution is -2.07. The normalized spacial score (nSPS) is 10.0. The van der Waals surface area contributed by atoms with Crippen molar-refractivity contribution in [1.29, 1.82) is 0 Å². The molecule has 1 aromatic heterocycles. The van der Waals surface area contributed by atoms with Crippen molar-refractivity contribution in [2.24, 2.45) is 5.84 Å². The Morgan fingerprint density at radius 2 is 2.12 bits per heavy atom. The summed E-state index contributed by atoms with van der Waals surface area (Å²) >= 11 is 1.61. The fourth-order valence-electron chi connectivity index (χ4n) is 1.38. The van der Waals surface area contributed by atoms with Gasteiger partial charge in [0.1, 0.15) is 11.6 Å². The second-order valence-corrected chi connectivity index (χ2v) is 4.39. The first-order chi connectivity index (χ1) is 8.33. The van der Waals surface area contributed by atoms with E-state index in [1.165, 1.54) is 0 Å². The number of para-hydroxylation sites is 1. The molecule has 2 rings (SSSR count). The summed E-state index contributed by atoms with van der Waals surface area (Å²) in [7, 11) is 1.67. The zero-order valence-corrected chi connectivity index (χ0v) is 10.2. The molecular weight excluding hydrogens is 234 g/mol. The van der Waals surface area contributed by atoms with Gasteiger partial charge in [-0.05, 0) is 24.3 Å². The molecule has 0 aliphatic rings. The average molecular weight is 247 g/mol. The van der Waals surface area contributed by atoms with Crippen molar-refractivity contribution in [3.05, 3.63) is 42.6 Å². The number of ether oxygens (including phenoxy) is 1. The van der Waals surface area contributed by atoms with Crippen LogP contribution < -0.4 is 16.0 Å². The Labute approximate surface area is 104 Å². The number of nitrogen functional groups attached to an aromatic ring is 1. The van der Waals surface area contributed by atoms with Gasteiger partial charge in [0.2, 0.25) is 0 Å². The number of benzene rings is 1. The molecule has 0 aliphatic carbocycles. The summed E-state index contributed by atoms with van der Waals surface area (Å²) in [6.07, 6.45) is 1.72. The Bertz CT molecular complexity index is 505. The first kappa shape index (κ1) is 11.8. The first-order valence-electron chi connectivity index (χ1n) is 5.07. The highest BCUT2D eigenvalue weighted by atomic mass is 32.2. The molecule has 5 heteroatoms. The smallest absolute Gasteiger partial charge is 0.140 e. The summed E-state index contributed by atoms with van der Waals surface area (Å²) in [5.41, 5.74) is 2.53. The van der Waals surface area contributed by atoms with E-state index in [4.69, 9.17) is 10.6 Å². The van der Waals surface area contributed by atoms with Gasteiger partial charge in [0.25, 0.3) is 0 Å². The van der Waals surface area contributed by atoms with Crippen LogP contribution in [-0.4, -0.2) is 12.1 Å². The van der Waals surface area contributed by atoms with Gasteiger partial charge in [-0.3, -0.25) is 0 Å². The van der Waals surface area contributed by atoms with E-state index in [2.05, 4.69) is 10.4 Å². The van der Waals surface area contributed by atoms with Crippen molar-refractivity contribution in [2.45, 2.75) is 9.79 Å². The third-order valence-corrected chi connectivity index (χ3v) is 3.22. The minimum absolute atomic E-state index is 0.643. The number of nitrogens with zero attached hydrogens (tertiary/aromatic N) is 1. The number of rotatable bonds is 4. The van der Waals surface area contributed by atoms with E-state index < -0.39 is 0 Å². The fourth-order valence-corrected chi connectivity index (χ4v) is 2.34. The van der Waals surface area contributed by atoms with E-state index in [1.54, 1.807) is 25.1 Å². The maximum absolute atomic E-state index is 5.32. The molecule has 0 radical (unpaired) electrons. The molecule has 17 heavy (non-hydrogen) atoms. The quantitative estimate of drug-likeness (QED) is 0.642. The summed E-state index contributed by atoms with van der Waals surface area (Å²) in [6.45, 7) is 0. The van der Waals surface area contributed by atoms with Gasteiger partial charge in [0, 0.05) is 11.1 Å². The molecule has 0 saturated carbocycles. The molecule has 0 saturated heterocycles. The maximum Gasteiger partial charge on any atom is 0.140 e. The van der Waals surface area contributed by atoms with Crippen LogP contribution in [0.2, 0.25) is 0 Å². The minimum atomic E-state index is 0.643. The highest BCUT2D eigenvalue weighted by Crippen LogP contribution is 2.34. The van der Waals surface area contributed by atoms with Gasteiger partial charge in [-0.25, -0.2) is 10.8 Å². The number of methoxy groups -OCH3 is 1. The Hall–Kier alpha value is -1.72. The van der Waals surface area contributed by atoms with Gasteiger partial charge in [0.15, 0.2) is 0 Å². The second kappa shape index (κ2) is 5.56. The number of aromatic nitrogens is 1. The summed E-state index contributed by atoms with van der Waals surface area (Å²) < 4.78 is 5.30. The number of hydrazine groups is 1. The van der Waals surface area contributed by atoms with Crippen molar-refractivity contribution in [2.75, 3.05) is 12.5 Å². The predicted octanol–water partition coefficient (Wildman–Crippen LogP) is 2.53. The molecule has 0 atom stereocenters. The van der Waals surface area contributed by atoms with Crippen LogP contribution in [0.3, 0.4) is 0 Å². The highest BCUT2D eigenvalue weighted by Gasteiger charge is 2.04. The Balaban J connectivity index is 2.24. The summed E-state index contributed by atoms with van der Waals surface area (Å²) in [5, 5.41) is 0. The topological polar surface area (TPSA) is 60.2 Å². The molecule has 0 fully saturated rings. The van der Waals surface area contributed by atoms with Gasteiger partial charge in [-0.15, -0.1) is 0 Å². The van der Waals surface area contributed by atoms with Crippen molar-refractivity contribution < 1.29 is 4.74 Å². The van der Waals surface area contributed by atoms with Gasteiger partial charge in [-0.2, -0.15) is 0 Å². The first-order valence-corrected chi connectivity index (χ1v) is 5.88. The number of nitrogens with two attached hydrogens (primary N) is 1. The molecule has 0 aliphatic heterocycles. The SMILES string of the molecule is COc1ccccc1Sc1ccnc(NN)c1. The zero-order valence-electron chi connectivity index (χ0n) is 9.38. The average Bonchev–Trinajstić information content (AvgIpc) is 2.39. The van der Waals surface area contributed by atoms with E-state index >= 15 is 0 Å². The fraction of sp³-hybridized carbons (Fsp3) is 0.0833. The van der Waals surface area contributed by atoms with Crippen LogP contribution >= 0.6 is 11.8 Å². The van der Waals surface area contributed by atoms with Gasteiger partial charge >= 0.3 is 0 Å². The molecule has 4 nitrogen and oxygen atoms in total. The Morgan fingerprint density at radius 3 is 2.88 bits per heavy atom. The van der Waals surface area contributed by atoms with Crippen molar-refractivity contribution in [1.82, 2.24) is 4.98 Å². The van der Waals surface area contributed by atoms with E-state index in [1.807, 2.05) is 36.4 Å². The van der Waals surface area contributed by atoms with E-state index in [-0.39, 0.29) is 0 Å². The summed E-state index contributed by atoms with van der Waals surface area (Å²) in [6, 6.07) is 11.7. The van der Waals surface area contributed by atoms with Crippen LogP contribution in [0.1, 0.15) is 0 Å². The second-order valence-electron chi connectivity index (χ2n) is 3.27. The number of pyridine rings is 1. The largest absolute Gasteiger partial charge is 0.496 e. The van der Waals surface area contributed by atoms with Crippen LogP contribution in [-0.2, 0) is 0 Å². The molecule has 3 N–H and O–H groups in total. The molecule has 0 amide bonds. The molecule has 1 aromatic carbocycles. The molecule has 0 unspecified atom stereocenters. The van der Waals surface area contributed by atoms with Crippen LogP contribution in [0.5, 0.6) is 5.75 Å². The van der Waals surface area contributed by atoms with Crippen LogP contribution in [0.15, 0.2) is 52.4 Å². The number of anilines is 1.